The number of rotatable bonds is 4. The van der Waals surface area contributed by atoms with Crippen molar-refractivity contribution in [3.8, 4) is 11.5 Å². The zero-order chi connectivity index (χ0) is 19.7. The Balaban J connectivity index is 1.40. The van der Waals surface area contributed by atoms with Gasteiger partial charge in [-0.2, -0.15) is 0 Å². The van der Waals surface area contributed by atoms with Crippen LogP contribution in [0.4, 0.5) is 11.4 Å². The maximum atomic E-state index is 12.6. The van der Waals surface area contributed by atoms with Gasteiger partial charge in [-0.15, -0.1) is 0 Å². The fourth-order valence-electron chi connectivity index (χ4n) is 3.69. The number of carbonyl (C=O) groups is 1. The number of morpholine rings is 1. The molecule has 0 bridgehead atoms. The van der Waals surface area contributed by atoms with E-state index in [0.717, 1.165) is 19.6 Å². The van der Waals surface area contributed by atoms with E-state index in [-0.39, 0.29) is 24.9 Å². The average molecular weight is 383 g/mol. The molecule has 4 rings (SSSR count). The fraction of sp³-hybridized carbons (Fsp3) is 0.381. The normalized spacial score (nSPS) is 21.5. The van der Waals surface area contributed by atoms with Gasteiger partial charge in [0.05, 0.1) is 23.6 Å². The second kappa shape index (κ2) is 7.69. The summed E-state index contributed by atoms with van der Waals surface area (Å²) in [4.78, 5) is 15.0. The van der Waals surface area contributed by atoms with Crippen LogP contribution in [0.1, 0.15) is 29.8 Å². The summed E-state index contributed by atoms with van der Waals surface area (Å²) in [6, 6.07) is 11.0. The first kappa shape index (κ1) is 18.6. The second-order valence-electron chi connectivity index (χ2n) is 7.40. The maximum absolute atomic E-state index is 12.6. The molecule has 0 aromatic heterocycles. The molecule has 28 heavy (non-hydrogen) atoms. The van der Waals surface area contributed by atoms with Gasteiger partial charge in [-0.1, -0.05) is 12.1 Å². The molecule has 148 valence electrons. The van der Waals surface area contributed by atoms with Gasteiger partial charge in [0.2, 0.25) is 6.79 Å². The van der Waals surface area contributed by atoms with E-state index in [1.807, 2.05) is 24.3 Å². The summed E-state index contributed by atoms with van der Waals surface area (Å²) < 4.78 is 16.4. The summed E-state index contributed by atoms with van der Waals surface area (Å²) >= 11 is 0. The summed E-state index contributed by atoms with van der Waals surface area (Å²) in [5.74, 6) is 0.950. The van der Waals surface area contributed by atoms with E-state index in [1.165, 1.54) is 5.56 Å². The van der Waals surface area contributed by atoms with Crippen molar-refractivity contribution in [3.05, 3.63) is 47.5 Å². The molecule has 2 unspecified atom stereocenters. The Bertz CT molecular complexity index is 859. The Morgan fingerprint density at radius 2 is 1.75 bits per heavy atom. The lowest BCUT2D eigenvalue weighted by Gasteiger charge is -2.35. The van der Waals surface area contributed by atoms with Gasteiger partial charge in [0.25, 0.3) is 5.91 Å². The lowest BCUT2D eigenvalue weighted by molar-refractivity contribution is -0.0704. The third kappa shape index (κ3) is 4.05. The third-order valence-corrected chi connectivity index (χ3v) is 4.91. The smallest absolute Gasteiger partial charge is 0.255 e. The minimum Gasteiger partial charge on any atom is -0.454 e. The molecule has 1 saturated heterocycles. The van der Waals surface area contributed by atoms with E-state index < -0.39 is 0 Å². The molecule has 0 saturated carbocycles. The molecular formula is C21H25N3O4. The topological polar surface area (TPSA) is 86.1 Å². The van der Waals surface area contributed by atoms with Crippen molar-refractivity contribution in [3.63, 3.8) is 0 Å². The molecule has 0 radical (unpaired) electrons. The van der Waals surface area contributed by atoms with Crippen molar-refractivity contribution in [2.24, 2.45) is 0 Å². The van der Waals surface area contributed by atoms with Crippen LogP contribution in [0.3, 0.4) is 0 Å². The van der Waals surface area contributed by atoms with Crippen LogP contribution in [0.2, 0.25) is 0 Å². The number of nitrogen functional groups attached to an aromatic ring is 1. The van der Waals surface area contributed by atoms with Gasteiger partial charge in [-0.3, -0.25) is 9.69 Å². The van der Waals surface area contributed by atoms with Gasteiger partial charge in [0.15, 0.2) is 11.5 Å². The molecule has 2 heterocycles. The van der Waals surface area contributed by atoms with E-state index in [9.17, 15) is 4.79 Å². The SMILES string of the molecule is CC1CN(Cc2ccc(C(=O)Nc3cc4c(cc3N)OCO4)cc2)CC(C)O1. The number of amides is 1. The molecular weight excluding hydrogens is 358 g/mol. The summed E-state index contributed by atoms with van der Waals surface area (Å²) in [6.45, 7) is 7.02. The number of hydrogen-bond donors (Lipinski definition) is 2. The zero-order valence-electron chi connectivity index (χ0n) is 16.1. The number of anilines is 2. The minimum absolute atomic E-state index is 0.161. The first-order valence-electron chi connectivity index (χ1n) is 9.45. The van der Waals surface area contributed by atoms with Crippen LogP contribution >= 0.6 is 0 Å². The Labute approximate surface area is 164 Å². The quantitative estimate of drug-likeness (QED) is 0.790. The molecule has 7 nitrogen and oxygen atoms in total. The van der Waals surface area contributed by atoms with E-state index in [4.69, 9.17) is 19.9 Å². The Morgan fingerprint density at radius 3 is 2.43 bits per heavy atom. The monoisotopic (exact) mass is 383 g/mol. The van der Waals surface area contributed by atoms with Gasteiger partial charge in [-0.05, 0) is 31.5 Å². The van der Waals surface area contributed by atoms with Crippen molar-refractivity contribution < 1.29 is 19.0 Å². The first-order chi connectivity index (χ1) is 13.5. The van der Waals surface area contributed by atoms with Crippen molar-refractivity contribution in [1.29, 1.82) is 0 Å². The second-order valence-corrected chi connectivity index (χ2v) is 7.40. The largest absolute Gasteiger partial charge is 0.454 e. The van der Waals surface area contributed by atoms with Gasteiger partial charge in [-0.25, -0.2) is 0 Å². The molecule has 2 aliphatic heterocycles. The number of carbonyl (C=O) groups excluding carboxylic acids is 1. The molecule has 7 heteroatoms. The molecule has 0 aliphatic carbocycles. The van der Waals surface area contributed by atoms with Crippen LogP contribution in [0.15, 0.2) is 36.4 Å². The number of nitrogens with one attached hydrogen (secondary N) is 1. The number of nitrogens with two attached hydrogens (primary N) is 1. The molecule has 1 fully saturated rings. The Hall–Kier alpha value is -2.77. The zero-order valence-corrected chi connectivity index (χ0v) is 16.1. The predicted molar refractivity (Wildman–Crippen MR) is 107 cm³/mol. The van der Waals surface area contributed by atoms with Crippen LogP contribution in [0.25, 0.3) is 0 Å². The first-order valence-corrected chi connectivity index (χ1v) is 9.45. The van der Waals surface area contributed by atoms with Crippen molar-refractivity contribution in [1.82, 2.24) is 4.90 Å². The molecule has 2 aromatic rings. The van der Waals surface area contributed by atoms with Crippen molar-refractivity contribution >= 4 is 17.3 Å². The molecule has 2 aromatic carbocycles. The van der Waals surface area contributed by atoms with Crippen LogP contribution in [0, 0.1) is 0 Å². The van der Waals surface area contributed by atoms with E-state index in [2.05, 4.69) is 24.1 Å². The van der Waals surface area contributed by atoms with Crippen LogP contribution in [0.5, 0.6) is 11.5 Å². The van der Waals surface area contributed by atoms with Crippen LogP contribution in [-0.2, 0) is 11.3 Å². The average Bonchev–Trinajstić information content (AvgIpc) is 3.08. The summed E-state index contributed by atoms with van der Waals surface area (Å²) in [6.07, 6.45) is 0.474. The molecule has 2 atom stereocenters. The van der Waals surface area contributed by atoms with Gasteiger partial charge in [0.1, 0.15) is 0 Å². The molecule has 3 N–H and O–H groups in total. The number of ether oxygens (including phenoxy) is 3. The fourth-order valence-corrected chi connectivity index (χ4v) is 3.69. The molecule has 2 aliphatic rings. The molecule has 0 spiro atoms. The lowest BCUT2D eigenvalue weighted by atomic mass is 10.1. The van der Waals surface area contributed by atoms with Gasteiger partial charge >= 0.3 is 0 Å². The number of nitrogens with zero attached hydrogens (tertiary/aromatic N) is 1. The van der Waals surface area contributed by atoms with Gasteiger partial charge < -0.3 is 25.3 Å². The standard InChI is InChI=1S/C21H25N3O4/c1-13-9-24(10-14(2)28-13)11-15-3-5-16(6-4-15)21(25)23-18-8-20-19(7-17(18)22)26-12-27-20/h3-8,13-14H,9-12,22H2,1-2H3,(H,23,25). The Kier molecular flexibility index (Phi) is 5.11. The molecule has 1 amide bonds. The summed E-state index contributed by atoms with van der Waals surface area (Å²) in [5, 5.41) is 2.84. The predicted octanol–water partition coefficient (Wildman–Crippen LogP) is 2.86. The van der Waals surface area contributed by atoms with Crippen molar-refractivity contribution in [2.45, 2.75) is 32.6 Å². The third-order valence-electron chi connectivity index (χ3n) is 4.91. The number of fused-ring (bicyclic) bond motifs is 1. The lowest BCUT2D eigenvalue weighted by Crippen LogP contribution is -2.44. The summed E-state index contributed by atoms with van der Waals surface area (Å²) in [5.41, 5.74) is 8.69. The van der Waals surface area contributed by atoms with E-state index in [0.29, 0.717) is 28.4 Å². The van der Waals surface area contributed by atoms with Crippen LogP contribution < -0.4 is 20.5 Å². The minimum atomic E-state index is -0.217. The van der Waals surface area contributed by atoms with Gasteiger partial charge in [0, 0.05) is 37.3 Å². The maximum Gasteiger partial charge on any atom is 0.255 e. The number of hydrogen-bond acceptors (Lipinski definition) is 6. The number of benzene rings is 2. The highest BCUT2D eigenvalue weighted by molar-refractivity contribution is 6.06. The Morgan fingerprint density at radius 1 is 1.11 bits per heavy atom. The van der Waals surface area contributed by atoms with E-state index >= 15 is 0 Å². The highest BCUT2D eigenvalue weighted by atomic mass is 16.7. The highest BCUT2D eigenvalue weighted by Gasteiger charge is 2.22. The van der Waals surface area contributed by atoms with Crippen LogP contribution in [-0.4, -0.2) is 42.9 Å². The van der Waals surface area contributed by atoms with E-state index in [1.54, 1.807) is 12.1 Å². The highest BCUT2D eigenvalue weighted by Crippen LogP contribution is 2.38. The summed E-state index contributed by atoms with van der Waals surface area (Å²) in [7, 11) is 0. The van der Waals surface area contributed by atoms with Crippen molar-refractivity contribution in [2.75, 3.05) is 30.9 Å².